The number of carbonyl (C=O) groups is 1. The van der Waals surface area contributed by atoms with Crippen LogP contribution in [0.4, 0.5) is 0 Å². The van der Waals surface area contributed by atoms with Crippen LogP contribution < -0.4 is 0 Å². The first kappa shape index (κ1) is 8.96. The van der Waals surface area contributed by atoms with E-state index in [-0.39, 0.29) is 0 Å². The lowest BCUT2D eigenvalue weighted by Crippen LogP contribution is -2.07. The number of esters is 1. The van der Waals surface area contributed by atoms with E-state index >= 15 is 0 Å². The molecule has 2 heterocycles. The SMILES string of the molecule is COC(=O)c1ccc2c(Cl)ncnn12. The van der Waals surface area contributed by atoms with Gasteiger partial charge in [0.15, 0.2) is 10.8 Å². The molecule has 0 aliphatic rings. The predicted octanol–water partition coefficient (Wildman–Crippen LogP) is 1.17. The summed E-state index contributed by atoms with van der Waals surface area (Å²) in [5, 5.41) is 4.19. The average molecular weight is 212 g/mol. The summed E-state index contributed by atoms with van der Waals surface area (Å²) in [4.78, 5) is 15.0. The standard InChI is InChI=1S/C8H6ClN3O2/c1-14-8(13)6-3-2-5-7(9)10-4-11-12(5)6/h2-4H,1H3. The second kappa shape index (κ2) is 3.26. The number of hydrogen-bond acceptors (Lipinski definition) is 4. The number of aromatic nitrogens is 3. The summed E-state index contributed by atoms with van der Waals surface area (Å²) in [6.07, 6.45) is 1.28. The molecule has 0 aliphatic carbocycles. The molecule has 6 heteroatoms. The van der Waals surface area contributed by atoms with Gasteiger partial charge in [-0.1, -0.05) is 11.6 Å². The molecule has 0 aliphatic heterocycles. The molecule has 14 heavy (non-hydrogen) atoms. The minimum absolute atomic E-state index is 0.301. The maximum absolute atomic E-state index is 11.3. The van der Waals surface area contributed by atoms with Gasteiger partial charge in [-0.3, -0.25) is 0 Å². The quantitative estimate of drug-likeness (QED) is 0.665. The number of fused-ring (bicyclic) bond motifs is 1. The van der Waals surface area contributed by atoms with Crippen LogP contribution in [-0.2, 0) is 4.74 Å². The lowest BCUT2D eigenvalue weighted by atomic mass is 10.4. The fourth-order valence-electron chi connectivity index (χ4n) is 1.16. The van der Waals surface area contributed by atoms with Crippen molar-refractivity contribution >= 4 is 23.1 Å². The van der Waals surface area contributed by atoms with Crippen molar-refractivity contribution in [3.63, 3.8) is 0 Å². The topological polar surface area (TPSA) is 56.5 Å². The summed E-state index contributed by atoms with van der Waals surface area (Å²) in [6.45, 7) is 0. The molecule has 0 atom stereocenters. The van der Waals surface area contributed by atoms with Crippen molar-refractivity contribution in [1.29, 1.82) is 0 Å². The van der Waals surface area contributed by atoms with E-state index in [2.05, 4.69) is 14.8 Å². The third-order valence-corrected chi connectivity index (χ3v) is 2.09. The van der Waals surface area contributed by atoms with E-state index in [1.807, 2.05) is 0 Å². The van der Waals surface area contributed by atoms with Gasteiger partial charge in [0, 0.05) is 0 Å². The van der Waals surface area contributed by atoms with Crippen LogP contribution in [0.2, 0.25) is 5.15 Å². The molecule has 0 radical (unpaired) electrons. The van der Waals surface area contributed by atoms with Gasteiger partial charge in [-0.05, 0) is 12.1 Å². The Morgan fingerprint density at radius 1 is 1.57 bits per heavy atom. The third-order valence-electron chi connectivity index (χ3n) is 1.80. The Morgan fingerprint density at radius 3 is 3.07 bits per heavy atom. The van der Waals surface area contributed by atoms with Crippen LogP contribution in [0.3, 0.4) is 0 Å². The second-order valence-corrected chi connectivity index (χ2v) is 2.92. The van der Waals surface area contributed by atoms with E-state index in [1.54, 1.807) is 12.1 Å². The molecule has 0 saturated heterocycles. The smallest absolute Gasteiger partial charge is 0.356 e. The predicted molar refractivity (Wildman–Crippen MR) is 49.3 cm³/mol. The van der Waals surface area contributed by atoms with Gasteiger partial charge in [-0.2, -0.15) is 5.10 Å². The number of carbonyl (C=O) groups excluding carboxylic acids is 1. The minimum atomic E-state index is -0.459. The molecule has 0 spiro atoms. The van der Waals surface area contributed by atoms with E-state index in [0.29, 0.717) is 16.4 Å². The first-order valence-electron chi connectivity index (χ1n) is 3.80. The summed E-state index contributed by atoms with van der Waals surface area (Å²) in [7, 11) is 1.31. The van der Waals surface area contributed by atoms with Gasteiger partial charge in [0.1, 0.15) is 11.8 Å². The van der Waals surface area contributed by atoms with Gasteiger partial charge in [0.05, 0.1) is 7.11 Å². The molecule has 5 nitrogen and oxygen atoms in total. The van der Waals surface area contributed by atoms with Crippen molar-refractivity contribution in [3.05, 3.63) is 29.3 Å². The molecule has 0 fully saturated rings. The van der Waals surface area contributed by atoms with E-state index in [9.17, 15) is 4.79 Å². The number of hydrogen-bond donors (Lipinski definition) is 0. The van der Waals surface area contributed by atoms with E-state index in [0.717, 1.165) is 0 Å². The van der Waals surface area contributed by atoms with Crippen molar-refractivity contribution in [2.75, 3.05) is 7.11 Å². The van der Waals surface area contributed by atoms with Crippen LogP contribution in [-0.4, -0.2) is 27.7 Å². The number of ether oxygens (including phenoxy) is 1. The van der Waals surface area contributed by atoms with Crippen LogP contribution in [0.1, 0.15) is 10.5 Å². The first-order chi connectivity index (χ1) is 6.74. The zero-order valence-electron chi connectivity index (χ0n) is 7.27. The summed E-state index contributed by atoms with van der Waals surface area (Å²) < 4.78 is 5.97. The Morgan fingerprint density at radius 2 is 2.36 bits per heavy atom. The van der Waals surface area contributed by atoms with Crippen molar-refractivity contribution in [3.8, 4) is 0 Å². The van der Waals surface area contributed by atoms with Crippen molar-refractivity contribution in [2.24, 2.45) is 0 Å². The highest BCUT2D eigenvalue weighted by atomic mass is 35.5. The lowest BCUT2D eigenvalue weighted by molar-refractivity contribution is 0.0591. The Hall–Kier alpha value is -1.62. The Balaban J connectivity index is 2.70. The van der Waals surface area contributed by atoms with Crippen molar-refractivity contribution in [1.82, 2.24) is 14.6 Å². The Bertz CT molecular complexity index is 494. The zero-order valence-corrected chi connectivity index (χ0v) is 8.02. The van der Waals surface area contributed by atoms with Crippen molar-refractivity contribution in [2.45, 2.75) is 0 Å². The summed E-state index contributed by atoms with van der Waals surface area (Å²) in [6, 6.07) is 3.25. The summed E-state index contributed by atoms with van der Waals surface area (Å²) in [5.41, 5.74) is 0.904. The van der Waals surface area contributed by atoms with E-state index in [1.165, 1.54) is 18.0 Å². The van der Waals surface area contributed by atoms with Gasteiger partial charge in [-0.25, -0.2) is 14.3 Å². The molecule has 0 unspecified atom stereocenters. The second-order valence-electron chi connectivity index (χ2n) is 2.56. The Labute approximate surface area is 84.3 Å². The zero-order chi connectivity index (χ0) is 10.1. The number of nitrogens with zero attached hydrogens (tertiary/aromatic N) is 3. The highest BCUT2D eigenvalue weighted by Gasteiger charge is 2.13. The molecule has 0 saturated carbocycles. The molecule has 0 amide bonds. The number of halogens is 1. The molecule has 2 rings (SSSR count). The summed E-state index contributed by atoms with van der Waals surface area (Å²) >= 11 is 5.79. The van der Waals surface area contributed by atoms with Gasteiger partial charge in [-0.15, -0.1) is 0 Å². The highest BCUT2D eigenvalue weighted by Crippen LogP contribution is 2.15. The highest BCUT2D eigenvalue weighted by molar-refractivity contribution is 6.32. The molecule has 0 N–H and O–H groups in total. The largest absolute Gasteiger partial charge is 0.464 e. The molecule has 0 aromatic carbocycles. The molecular weight excluding hydrogens is 206 g/mol. The molecular formula is C8H6ClN3O2. The summed E-state index contributed by atoms with van der Waals surface area (Å²) in [5.74, 6) is -0.459. The third kappa shape index (κ3) is 1.22. The van der Waals surface area contributed by atoms with Crippen LogP contribution in [0.5, 0.6) is 0 Å². The van der Waals surface area contributed by atoms with E-state index in [4.69, 9.17) is 11.6 Å². The van der Waals surface area contributed by atoms with Gasteiger partial charge >= 0.3 is 5.97 Å². The van der Waals surface area contributed by atoms with Crippen molar-refractivity contribution < 1.29 is 9.53 Å². The van der Waals surface area contributed by atoms with Crippen LogP contribution in [0, 0.1) is 0 Å². The maximum Gasteiger partial charge on any atom is 0.356 e. The fraction of sp³-hybridized carbons (Fsp3) is 0.125. The number of rotatable bonds is 1. The van der Waals surface area contributed by atoms with Crippen LogP contribution in [0.15, 0.2) is 18.5 Å². The molecule has 2 aromatic heterocycles. The first-order valence-corrected chi connectivity index (χ1v) is 4.18. The van der Waals surface area contributed by atoms with Crippen LogP contribution >= 0.6 is 11.6 Å². The molecule has 2 aromatic rings. The fourth-order valence-corrected chi connectivity index (χ4v) is 1.35. The average Bonchev–Trinajstić information content (AvgIpc) is 2.62. The maximum atomic E-state index is 11.3. The van der Waals surface area contributed by atoms with Gasteiger partial charge in [0.25, 0.3) is 0 Å². The Kier molecular flexibility index (Phi) is 2.09. The monoisotopic (exact) mass is 211 g/mol. The van der Waals surface area contributed by atoms with Gasteiger partial charge in [0.2, 0.25) is 0 Å². The van der Waals surface area contributed by atoms with E-state index < -0.39 is 5.97 Å². The number of methoxy groups -OCH3 is 1. The minimum Gasteiger partial charge on any atom is -0.464 e. The lowest BCUT2D eigenvalue weighted by Gasteiger charge is -1.99. The van der Waals surface area contributed by atoms with Gasteiger partial charge < -0.3 is 4.74 Å². The molecule has 72 valence electrons. The van der Waals surface area contributed by atoms with Crippen LogP contribution in [0.25, 0.3) is 5.52 Å². The normalized spacial score (nSPS) is 10.4. The molecule has 0 bridgehead atoms.